The molecule has 0 aromatic heterocycles. The van der Waals surface area contributed by atoms with Crippen molar-refractivity contribution in [3.8, 4) is 5.75 Å². The highest BCUT2D eigenvalue weighted by Gasteiger charge is 2.24. The van der Waals surface area contributed by atoms with E-state index in [1.165, 1.54) is 5.56 Å². The molecule has 1 N–H and O–H groups in total. The molecule has 18 heavy (non-hydrogen) atoms. The van der Waals surface area contributed by atoms with Crippen molar-refractivity contribution in [2.24, 2.45) is 5.41 Å². The number of benzene rings is 1. The zero-order valence-corrected chi connectivity index (χ0v) is 12.4. The summed E-state index contributed by atoms with van der Waals surface area (Å²) in [6.07, 6.45) is 1.15. The first-order valence-electron chi connectivity index (χ1n) is 6.86. The quantitative estimate of drug-likeness (QED) is 0.828. The summed E-state index contributed by atoms with van der Waals surface area (Å²) < 4.78 is 5.91. The molecule has 2 heteroatoms. The van der Waals surface area contributed by atoms with Crippen LogP contribution in [0, 0.1) is 12.3 Å². The lowest BCUT2D eigenvalue weighted by atomic mass is 9.87. The van der Waals surface area contributed by atoms with Gasteiger partial charge in [0.05, 0.1) is 0 Å². The Labute approximate surface area is 112 Å². The Morgan fingerprint density at radius 1 is 1.28 bits per heavy atom. The number of aryl methyl sites for hydroxylation is 1. The number of rotatable bonds is 6. The van der Waals surface area contributed by atoms with Crippen LogP contribution in [0.15, 0.2) is 24.3 Å². The zero-order chi connectivity index (χ0) is 13.6. The minimum absolute atomic E-state index is 0.207. The highest BCUT2D eigenvalue weighted by Crippen LogP contribution is 2.21. The fourth-order valence-corrected chi connectivity index (χ4v) is 1.82. The van der Waals surface area contributed by atoms with Gasteiger partial charge in [-0.2, -0.15) is 0 Å². The van der Waals surface area contributed by atoms with E-state index in [-0.39, 0.29) is 5.41 Å². The molecule has 1 aromatic carbocycles. The van der Waals surface area contributed by atoms with Crippen LogP contribution in [-0.2, 0) is 0 Å². The minimum atomic E-state index is 0.207. The molecular weight excluding hydrogens is 222 g/mol. The van der Waals surface area contributed by atoms with E-state index in [9.17, 15) is 0 Å². The van der Waals surface area contributed by atoms with Crippen molar-refractivity contribution in [2.75, 3.05) is 13.2 Å². The van der Waals surface area contributed by atoms with Gasteiger partial charge in [0.2, 0.25) is 0 Å². The lowest BCUT2D eigenvalue weighted by Crippen LogP contribution is -2.45. The van der Waals surface area contributed by atoms with Gasteiger partial charge in [0, 0.05) is 6.04 Å². The molecule has 102 valence electrons. The van der Waals surface area contributed by atoms with Crippen molar-refractivity contribution < 1.29 is 4.74 Å². The van der Waals surface area contributed by atoms with Gasteiger partial charge in [0.15, 0.2) is 0 Å². The molecule has 1 rings (SSSR count). The SMILES string of the molecule is CCCNC(COc1cccc(C)c1)C(C)(C)C. The lowest BCUT2D eigenvalue weighted by molar-refractivity contribution is 0.174. The first-order chi connectivity index (χ1) is 8.43. The van der Waals surface area contributed by atoms with Crippen LogP contribution in [0.4, 0.5) is 0 Å². The van der Waals surface area contributed by atoms with Crippen LogP contribution in [-0.4, -0.2) is 19.2 Å². The van der Waals surface area contributed by atoms with E-state index in [1.807, 2.05) is 12.1 Å². The maximum absolute atomic E-state index is 5.91. The van der Waals surface area contributed by atoms with Crippen LogP contribution in [0.5, 0.6) is 5.75 Å². The first-order valence-corrected chi connectivity index (χ1v) is 6.86. The maximum Gasteiger partial charge on any atom is 0.119 e. The molecule has 0 spiro atoms. The highest BCUT2D eigenvalue weighted by molar-refractivity contribution is 5.27. The number of ether oxygens (including phenoxy) is 1. The molecule has 0 radical (unpaired) electrons. The van der Waals surface area contributed by atoms with Crippen LogP contribution >= 0.6 is 0 Å². The van der Waals surface area contributed by atoms with Crippen molar-refractivity contribution in [1.29, 1.82) is 0 Å². The smallest absolute Gasteiger partial charge is 0.119 e. The fourth-order valence-electron chi connectivity index (χ4n) is 1.82. The average molecular weight is 249 g/mol. The van der Waals surface area contributed by atoms with E-state index < -0.39 is 0 Å². The Hall–Kier alpha value is -1.02. The molecule has 1 aromatic rings. The van der Waals surface area contributed by atoms with Crippen LogP contribution in [0.2, 0.25) is 0 Å². The van der Waals surface area contributed by atoms with E-state index >= 15 is 0 Å². The third-order valence-electron chi connectivity index (χ3n) is 3.09. The molecule has 0 aliphatic rings. The molecule has 0 bridgehead atoms. The molecule has 1 unspecified atom stereocenters. The van der Waals surface area contributed by atoms with Gasteiger partial charge in [-0.15, -0.1) is 0 Å². The van der Waals surface area contributed by atoms with E-state index in [0.717, 1.165) is 18.7 Å². The van der Waals surface area contributed by atoms with Crippen molar-refractivity contribution in [3.63, 3.8) is 0 Å². The van der Waals surface area contributed by atoms with Crippen LogP contribution in [0.25, 0.3) is 0 Å². The summed E-state index contributed by atoms with van der Waals surface area (Å²) in [4.78, 5) is 0. The number of hydrogen-bond donors (Lipinski definition) is 1. The van der Waals surface area contributed by atoms with Crippen LogP contribution < -0.4 is 10.1 Å². The van der Waals surface area contributed by atoms with Crippen LogP contribution in [0.1, 0.15) is 39.7 Å². The van der Waals surface area contributed by atoms with Gasteiger partial charge < -0.3 is 10.1 Å². The van der Waals surface area contributed by atoms with Gasteiger partial charge >= 0.3 is 0 Å². The summed E-state index contributed by atoms with van der Waals surface area (Å²) in [5, 5.41) is 3.57. The largest absolute Gasteiger partial charge is 0.492 e. The second-order valence-corrected chi connectivity index (χ2v) is 6.00. The fraction of sp³-hybridized carbons (Fsp3) is 0.625. The predicted octanol–water partition coefficient (Wildman–Crippen LogP) is 3.79. The summed E-state index contributed by atoms with van der Waals surface area (Å²) in [6.45, 7) is 12.8. The predicted molar refractivity (Wildman–Crippen MR) is 78.2 cm³/mol. The molecule has 0 aliphatic carbocycles. The van der Waals surface area contributed by atoms with Gasteiger partial charge in [-0.25, -0.2) is 0 Å². The summed E-state index contributed by atoms with van der Waals surface area (Å²) in [6, 6.07) is 8.60. The van der Waals surface area contributed by atoms with Gasteiger partial charge in [-0.1, -0.05) is 39.8 Å². The molecule has 0 saturated heterocycles. The molecule has 0 aliphatic heterocycles. The molecule has 2 nitrogen and oxygen atoms in total. The van der Waals surface area contributed by atoms with Gasteiger partial charge in [-0.05, 0) is 43.0 Å². The normalized spacial score (nSPS) is 13.4. The topological polar surface area (TPSA) is 21.3 Å². The molecule has 0 heterocycles. The van der Waals surface area contributed by atoms with Gasteiger partial charge in [-0.3, -0.25) is 0 Å². The minimum Gasteiger partial charge on any atom is -0.492 e. The van der Waals surface area contributed by atoms with Crippen LogP contribution in [0.3, 0.4) is 0 Å². The van der Waals surface area contributed by atoms with Crippen molar-refractivity contribution in [2.45, 2.75) is 47.1 Å². The lowest BCUT2D eigenvalue weighted by Gasteiger charge is -2.31. The molecule has 0 fully saturated rings. The van der Waals surface area contributed by atoms with Gasteiger partial charge in [0.25, 0.3) is 0 Å². The molecule has 0 saturated carbocycles. The van der Waals surface area contributed by atoms with Crippen molar-refractivity contribution >= 4 is 0 Å². The summed E-state index contributed by atoms with van der Waals surface area (Å²) in [5.41, 5.74) is 1.44. The second-order valence-electron chi connectivity index (χ2n) is 6.00. The second kappa shape index (κ2) is 6.79. The number of hydrogen-bond acceptors (Lipinski definition) is 2. The highest BCUT2D eigenvalue weighted by atomic mass is 16.5. The van der Waals surface area contributed by atoms with E-state index in [2.05, 4.69) is 52.1 Å². The Kier molecular flexibility index (Phi) is 5.67. The first kappa shape index (κ1) is 15.0. The molecular formula is C16H27NO. The van der Waals surface area contributed by atoms with E-state index in [0.29, 0.717) is 12.6 Å². The van der Waals surface area contributed by atoms with E-state index in [4.69, 9.17) is 4.74 Å². The Balaban J connectivity index is 2.56. The third kappa shape index (κ3) is 5.09. The Morgan fingerprint density at radius 2 is 2.00 bits per heavy atom. The van der Waals surface area contributed by atoms with E-state index in [1.54, 1.807) is 0 Å². The third-order valence-corrected chi connectivity index (χ3v) is 3.09. The standard InChI is InChI=1S/C16H27NO/c1-6-10-17-15(16(3,4)5)12-18-14-9-7-8-13(2)11-14/h7-9,11,15,17H,6,10,12H2,1-5H3. The summed E-state index contributed by atoms with van der Waals surface area (Å²) in [5.74, 6) is 0.961. The summed E-state index contributed by atoms with van der Waals surface area (Å²) in [7, 11) is 0. The zero-order valence-electron chi connectivity index (χ0n) is 12.4. The Bertz CT molecular complexity index is 354. The van der Waals surface area contributed by atoms with Crippen molar-refractivity contribution in [1.82, 2.24) is 5.32 Å². The summed E-state index contributed by atoms with van der Waals surface area (Å²) >= 11 is 0. The molecule has 0 amide bonds. The maximum atomic E-state index is 5.91. The average Bonchev–Trinajstić information content (AvgIpc) is 2.27. The number of nitrogens with one attached hydrogen (secondary N) is 1. The molecule has 1 atom stereocenters. The van der Waals surface area contributed by atoms with Crippen molar-refractivity contribution in [3.05, 3.63) is 29.8 Å². The Morgan fingerprint density at radius 3 is 2.56 bits per heavy atom. The monoisotopic (exact) mass is 249 g/mol. The van der Waals surface area contributed by atoms with Gasteiger partial charge in [0.1, 0.15) is 12.4 Å².